The summed E-state index contributed by atoms with van der Waals surface area (Å²) in [5, 5.41) is 2.75. The van der Waals surface area contributed by atoms with E-state index >= 15 is 0 Å². The van der Waals surface area contributed by atoms with E-state index in [0.29, 0.717) is 23.4 Å². The third-order valence-electron chi connectivity index (χ3n) is 6.43. The van der Waals surface area contributed by atoms with E-state index in [1.165, 1.54) is 12.1 Å². The molecule has 1 fully saturated rings. The Morgan fingerprint density at radius 2 is 1.74 bits per heavy atom. The molecule has 0 saturated heterocycles. The van der Waals surface area contributed by atoms with Crippen molar-refractivity contribution >= 4 is 27.6 Å². The van der Waals surface area contributed by atoms with Gasteiger partial charge < -0.3 is 15.0 Å². The van der Waals surface area contributed by atoms with Crippen LogP contribution < -0.4 is 5.32 Å². The van der Waals surface area contributed by atoms with E-state index in [4.69, 9.17) is 4.74 Å². The van der Waals surface area contributed by atoms with Gasteiger partial charge in [0.05, 0.1) is 11.5 Å². The molecule has 1 saturated carbocycles. The van der Waals surface area contributed by atoms with Gasteiger partial charge in [-0.2, -0.15) is 4.31 Å². The van der Waals surface area contributed by atoms with Crippen LogP contribution in [0.25, 0.3) is 0 Å². The lowest BCUT2D eigenvalue weighted by molar-refractivity contribution is -0.115. The van der Waals surface area contributed by atoms with Crippen molar-refractivity contribution < 1.29 is 22.7 Å². The van der Waals surface area contributed by atoms with Crippen LogP contribution in [0.5, 0.6) is 0 Å². The van der Waals surface area contributed by atoms with Crippen molar-refractivity contribution in [1.82, 2.24) is 9.29 Å². The van der Waals surface area contributed by atoms with Gasteiger partial charge in [0.2, 0.25) is 15.9 Å². The summed E-state index contributed by atoms with van der Waals surface area (Å²) in [6.07, 6.45) is 5.02. The third kappa shape index (κ3) is 5.70. The quantitative estimate of drug-likeness (QED) is 0.497. The van der Waals surface area contributed by atoms with Crippen molar-refractivity contribution in [3.8, 4) is 0 Å². The number of amides is 1. The first-order valence-electron chi connectivity index (χ1n) is 12.0. The van der Waals surface area contributed by atoms with Crippen molar-refractivity contribution in [2.24, 2.45) is 0 Å². The van der Waals surface area contributed by atoms with E-state index in [2.05, 4.69) is 10.3 Å². The molecule has 9 heteroatoms. The molecule has 0 atom stereocenters. The maximum atomic E-state index is 13.8. The van der Waals surface area contributed by atoms with Crippen LogP contribution in [-0.2, 0) is 26.1 Å². The maximum absolute atomic E-state index is 13.8. The number of benzene rings is 1. The van der Waals surface area contributed by atoms with Crippen molar-refractivity contribution in [2.75, 3.05) is 11.9 Å². The molecule has 0 radical (unpaired) electrons. The van der Waals surface area contributed by atoms with Gasteiger partial charge in [-0.05, 0) is 69.0 Å². The zero-order valence-corrected chi connectivity index (χ0v) is 21.3. The molecule has 0 bridgehead atoms. The Bertz CT molecular complexity index is 1120. The molecule has 1 aromatic carbocycles. The second kappa shape index (κ2) is 11.2. The molecule has 1 aromatic heterocycles. The van der Waals surface area contributed by atoms with Crippen molar-refractivity contribution in [2.45, 2.75) is 83.7 Å². The van der Waals surface area contributed by atoms with E-state index < -0.39 is 16.0 Å². The lowest BCUT2D eigenvalue weighted by atomic mass is 9.95. The fraction of sp³-hybridized carbons (Fsp3) is 0.520. The van der Waals surface area contributed by atoms with Gasteiger partial charge in [-0.3, -0.25) is 4.79 Å². The summed E-state index contributed by atoms with van der Waals surface area (Å²) in [4.78, 5) is 27.3. The van der Waals surface area contributed by atoms with E-state index in [9.17, 15) is 18.0 Å². The Labute approximate surface area is 202 Å². The largest absolute Gasteiger partial charge is 0.461 e. The van der Waals surface area contributed by atoms with Crippen molar-refractivity contribution in [3.63, 3.8) is 0 Å². The standard InChI is InChI=1S/C25H35N3O5S/c1-5-23(29)27-19-12-14-21(15-13-19)34(31,32)28(20-10-8-7-9-11-20)16-22-17(3)24(26-18(22)4)25(30)33-6-2/h12-15,20,26H,5-11,16H2,1-4H3,(H,27,29). The molecule has 34 heavy (non-hydrogen) atoms. The second-order valence-corrected chi connectivity index (χ2v) is 10.6. The third-order valence-corrected chi connectivity index (χ3v) is 8.35. The summed E-state index contributed by atoms with van der Waals surface area (Å²) in [6, 6.07) is 6.20. The molecule has 3 rings (SSSR count). The highest BCUT2D eigenvalue weighted by Crippen LogP contribution is 2.32. The highest BCUT2D eigenvalue weighted by atomic mass is 32.2. The van der Waals surface area contributed by atoms with Crippen molar-refractivity contribution in [3.05, 3.63) is 46.8 Å². The second-order valence-electron chi connectivity index (χ2n) is 8.72. The normalized spacial score (nSPS) is 14.9. The van der Waals surface area contributed by atoms with Crippen LogP contribution in [0, 0.1) is 13.8 Å². The minimum absolute atomic E-state index is 0.113. The number of esters is 1. The number of ether oxygens (including phenoxy) is 1. The first-order valence-corrected chi connectivity index (χ1v) is 13.4. The topological polar surface area (TPSA) is 109 Å². The zero-order chi connectivity index (χ0) is 24.9. The van der Waals surface area contributed by atoms with Gasteiger partial charge in [-0.25, -0.2) is 13.2 Å². The smallest absolute Gasteiger partial charge is 0.355 e. The molecule has 1 aliphatic carbocycles. The number of nitrogens with one attached hydrogen (secondary N) is 2. The Balaban J connectivity index is 1.95. The van der Waals surface area contributed by atoms with Gasteiger partial charge in [-0.1, -0.05) is 26.2 Å². The van der Waals surface area contributed by atoms with Crippen LogP contribution >= 0.6 is 0 Å². The first-order chi connectivity index (χ1) is 16.2. The maximum Gasteiger partial charge on any atom is 0.355 e. The number of nitrogens with zero attached hydrogens (tertiary/aromatic N) is 1. The molecule has 0 unspecified atom stereocenters. The van der Waals surface area contributed by atoms with Crippen LogP contribution in [0.3, 0.4) is 0 Å². The van der Waals surface area contributed by atoms with Gasteiger partial charge >= 0.3 is 5.97 Å². The number of hydrogen-bond acceptors (Lipinski definition) is 5. The Morgan fingerprint density at radius 1 is 1.09 bits per heavy atom. The van der Waals surface area contributed by atoms with E-state index in [-0.39, 0.29) is 30.0 Å². The Morgan fingerprint density at radius 3 is 2.32 bits per heavy atom. The van der Waals surface area contributed by atoms with E-state index in [1.54, 1.807) is 30.3 Å². The number of sulfonamides is 1. The monoisotopic (exact) mass is 489 g/mol. The predicted octanol–water partition coefficient (Wildman–Crippen LogP) is 4.68. The fourth-order valence-corrected chi connectivity index (χ4v) is 6.12. The summed E-state index contributed by atoms with van der Waals surface area (Å²) < 4.78 is 34.4. The SMILES string of the molecule is CCOC(=O)c1[nH]c(C)c(CN(C2CCCCC2)S(=O)(=O)c2ccc(NC(=O)CC)cc2)c1C. The van der Waals surface area contributed by atoms with Gasteiger partial charge in [-0.15, -0.1) is 0 Å². The molecular formula is C25H35N3O5S. The molecule has 186 valence electrons. The number of hydrogen-bond donors (Lipinski definition) is 2. The van der Waals surface area contributed by atoms with Crippen molar-refractivity contribution in [1.29, 1.82) is 0 Å². The summed E-state index contributed by atoms with van der Waals surface area (Å²) in [7, 11) is -3.81. The molecular weight excluding hydrogens is 454 g/mol. The predicted molar refractivity (Wildman–Crippen MR) is 131 cm³/mol. The Hall–Kier alpha value is -2.65. The number of H-pyrrole nitrogens is 1. The van der Waals surface area contributed by atoms with Crippen LogP contribution in [0.2, 0.25) is 0 Å². The van der Waals surface area contributed by atoms with Crippen LogP contribution in [0.15, 0.2) is 29.2 Å². The van der Waals surface area contributed by atoms with Crippen LogP contribution in [0.4, 0.5) is 5.69 Å². The lowest BCUT2D eigenvalue weighted by Gasteiger charge is -2.33. The summed E-state index contributed by atoms with van der Waals surface area (Å²) in [5.74, 6) is -0.568. The highest BCUT2D eigenvalue weighted by Gasteiger charge is 2.34. The summed E-state index contributed by atoms with van der Waals surface area (Å²) in [5.41, 5.74) is 3.19. The average Bonchev–Trinajstić information content (AvgIpc) is 3.11. The van der Waals surface area contributed by atoms with E-state index in [1.807, 2.05) is 13.8 Å². The number of aromatic amines is 1. The average molecular weight is 490 g/mol. The molecule has 1 aliphatic rings. The number of carbonyl (C=O) groups is 2. The molecule has 2 N–H and O–H groups in total. The number of anilines is 1. The molecule has 2 aromatic rings. The molecule has 0 spiro atoms. The number of rotatable bonds is 9. The molecule has 1 heterocycles. The Kier molecular flexibility index (Phi) is 8.54. The molecule has 0 aliphatic heterocycles. The van der Waals surface area contributed by atoms with Gasteiger partial charge in [0.1, 0.15) is 5.69 Å². The first kappa shape index (κ1) is 26.0. The molecule has 8 nitrogen and oxygen atoms in total. The fourth-order valence-electron chi connectivity index (χ4n) is 4.46. The lowest BCUT2D eigenvalue weighted by Crippen LogP contribution is -2.41. The summed E-state index contributed by atoms with van der Waals surface area (Å²) >= 11 is 0. The van der Waals surface area contributed by atoms with Gasteiger partial charge in [0, 0.05) is 30.4 Å². The number of aryl methyl sites for hydroxylation is 1. The number of carbonyl (C=O) groups excluding carboxylic acids is 2. The molecule has 1 amide bonds. The van der Waals surface area contributed by atoms with Gasteiger partial charge in [0.15, 0.2) is 0 Å². The number of aromatic nitrogens is 1. The van der Waals surface area contributed by atoms with Crippen LogP contribution in [0.1, 0.15) is 79.7 Å². The highest BCUT2D eigenvalue weighted by molar-refractivity contribution is 7.89. The minimum atomic E-state index is -3.81. The van der Waals surface area contributed by atoms with Gasteiger partial charge in [0.25, 0.3) is 0 Å². The minimum Gasteiger partial charge on any atom is -0.461 e. The van der Waals surface area contributed by atoms with E-state index in [0.717, 1.165) is 43.4 Å². The zero-order valence-electron chi connectivity index (χ0n) is 20.4. The van der Waals surface area contributed by atoms with Crippen LogP contribution in [-0.4, -0.2) is 42.2 Å². The summed E-state index contributed by atoms with van der Waals surface area (Å²) in [6.45, 7) is 7.62.